The van der Waals surface area contributed by atoms with Crippen LogP contribution in [0.3, 0.4) is 0 Å². The van der Waals surface area contributed by atoms with Crippen LogP contribution in [-0.4, -0.2) is 22.5 Å². The lowest BCUT2D eigenvalue weighted by atomic mass is 10.0. The Morgan fingerprint density at radius 2 is 2.14 bits per heavy atom. The molecule has 3 heteroatoms. The summed E-state index contributed by atoms with van der Waals surface area (Å²) in [6.45, 7) is 3.21. The summed E-state index contributed by atoms with van der Waals surface area (Å²) in [6.07, 6.45) is 9.52. The van der Waals surface area contributed by atoms with Crippen LogP contribution in [0.15, 0.2) is 36.7 Å². The van der Waals surface area contributed by atoms with Crippen LogP contribution in [0, 0.1) is 0 Å². The van der Waals surface area contributed by atoms with E-state index in [2.05, 4.69) is 53.3 Å². The van der Waals surface area contributed by atoms with E-state index < -0.39 is 0 Å². The molecule has 1 N–H and O–H groups in total. The number of hydrogen-bond acceptors (Lipinski definition) is 3. The number of fused-ring (bicyclic) bond motifs is 1. The van der Waals surface area contributed by atoms with Crippen molar-refractivity contribution in [3.05, 3.63) is 42.2 Å². The molecule has 0 aliphatic heterocycles. The Morgan fingerprint density at radius 3 is 2.95 bits per heavy atom. The molecule has 21 heavy (non-hydrogen) atoms. The lowest BCUT2D eigenvalue weighted by Crippen LogP contribution is -2.24. The third-order valence-corrected chi connectivity index (χ3v) is 5.81. The lowest BCUT2D eigenvalue weighted by molar-refractivity contribution is 0.608. The molecule has 3 rings (SSSR count). The SMILES string of the molecule is CCNC(CSC1CCCC1)c1cccc2cnccc12. The first-order valence-electron chi connectivity index (χ1n) is 8.06. The van der Waals surface area contributed by atoms with Gasteiger partial charge < -0.3 is 5.32 Å². The zero-order valence-corrected chi connectivity index (χ0v) is 13.5. The highest BCUT2D eigenvalue weighted by Crippen LogP contribution is 2.33. The minimum atomic E-state index is 0.437. The molecule has 1 heterocycles. The van der Waals surface area contributed by atoms with Crippen LogP contribution in [0.25, 0.3) is 10.8 Å². The zero-order chi connectivity index (χ0) is 14.5. The highest BCUT2D eigenvalue weighted by Gasteiger charge is 2.19. The van der Waals surface area contributed by atoms with Gasteiger partial charge in [-0.2, -0.15) is 11.8 Å². The Bertz CT molecular complexity index is 573. The molecule has 1 atom stereocenters. The molecule has 2 aromatic rings. The maximum atomic E-state index is 4.24. The van der Waals surface area contributed by atoms with Gasteiger partial charge in [0.2, 0.25) is 0 Å². The summed E-state index contributed by atoms with van der Waals surface area (Å²) in [6, 6.07) is 9.16. The molecular weight excluding hydrogens is 276 g/mol. The number of pyridine rings is 1. The Morgan fingerprint density at radius 1 is 1.29 bits per heavy atom. The molecule has 112 valence electrons. The second-order valence-electron chi connectivity index (χ2n) is 5.79. The van der Waals surface area contributed by atoms with Gasteiger partial charge in [0.05, 0.1) is 0 Å². The Labute approximate surface area is 131 Å². The highest BCUT2D eigenvalue weighted by atomic mass is 32.2. The van der Waals surface area contributed by atoms with Crippen LogP contribution in [-0.2, 0) is 0 Å². The van der Waals surface area contributed by atoms with E-state index in [9.17, 15) is 0 Å². The van der Waals surface area contributed by atoms with Gasteiger partial charge in [-0.3, -0.25) is 4.98 Å². The largest absolute Gasteiger partial charge is 0.309 e. The van der Waals surface area contributed by atoms with Crippen molar-refractivity contribution in [3.8, 4) is 0 Å². The van der Waals surface area contributed by atoms with Crippen molar-refractivity contribution in [1.82, 2.24) is 10.3 Å². The standard InChI is InChI=1S/C18H24N2S/c1-2-20-18(13-21-15-7-3-4-8-15)17-9-5-6-14-12-19-11-10-16(14)17/h5-6,9-12,15,18,20H,2-4,7-8,13H2,1H3. The third kappa shape index (κ3) is 3.58. The van der Waals surface area contributed by atoms with Crippen molar-refractivity contribution in [1.29, 1.82) is 0 Å². The number of nitrogens with one attached hydrogen (secondary N) is 1. The van der Waals surface area contributed by atoms with Crippen LogP contribution >= 0.6 is 11.8 Å². The number of benzene rings is 1. The fraction of sp³-hybridized carbons (Fsp3) is 0.500. The van der Waals surface area contributed by atoms with E-state index >= 15 is 0 Å². The van der Waals surface area contributed by atoms with Gasteiger partial charge in [-0.1, -0.05) is 38.0 Å². The number of rotatable bonds is 6. The molecule has 0 radical (unpaired) electrons. The van der Waals surface area contributed by atoms with Crippen LogP contribution in [0.5, 0.6) is 0 Å². The molecule has 1 aliphatic rings. The predicted molar refractivity (Wildman–Crippen MR) is 92.9 cm³/mol. The number of hydrogen-bond donors (Lipinski definition) is 1. The summed E-state index contributed by atoms with van der Waals surface area (Å²) in [7, 11) is 0. The van der Waals surface area contributed by atoms with E-state index in [1.165, 1.54) is 47.8 Å². The first-order valence-corrected chi connectivity index (χ1v) is 9.11. The second kappa shape index (κ2) is 7.28. The van der Waals surface area contributed by atoms with Gasteiger partial charge in [-0.15, -0.1) is 0 Å². The maximum absolute atomic E-state index is 4.24. The molecule has 0 bridgehead atoms. The minimum absolute atomic E-state index is 0.437. The summed E-state index contributed by atoms with van der Waals surface area (Å²) in [4.78, 5) is 4.24. The number of aromatic nitrogens is 1. The average Bonchev–Trinajstić information content (AvgIpc) is 3.04. The van der Waals surface area contributed by atoms with Crippen LogP contribution in [0.1, 0.15) is 44.2 Å². The van der Waals surface area contributed by atoms with Crippen LogP contribution in [0.2, 0.25) is 0 Å². The van der Waals surface area contributed by atoms with Gasteiger partial charge in [0.15, 0.2) is 0 Å². The molecule has 1 fully saturated rings. The Kier molecular flexibility index (Phi) is 5.15. The fourth-order valence-electron chi connectivity index (χ4n) is 3.24. The molecule has 1 aromatic carbocycles. The van der Waals surface area contributed by atoms with Gasteiger partial charge >= 0.3 is 0 Å². The van der Waals surface area contributed by atoms with Gasteiger partial charge in [0.25, 0.3) is 0 Å². The maximum Gasteiger partial charge on any atom is 0.0418 e. The molecule has 1 aromatic heterocycles. The highest BCUT2D eigenvalue weighted by molar-refractivity contribution is 7.99. The molecule has 1 aliphatic carbocycles. The van der Waals surface area contributed by atoms with E-state index in [1.54, 1.807) is 0 Å². The van der Waals surface area contributed by atoms with Gasteiger partial charge in [-0.25, -0.2) is 0 Å². The molecule has 0 amide bonds. The van der Waals surface area contributed by atoms with Crippen molar-refractivity contribution < 1.29 is 0 Å². The van der Waals surface area contributed by atoms with Gasteiger partial charge in [0, 0.05) is 34.8 Å². The topological polar surface area (TPSA) is 24.9 Å². The van der Waals surface area contributed by atoms with E-state index in [0.29, 0.717) is 6.04 Å². The number of nitrogens with zero attached hydrogens (tertiary/aromatic N) is 1. The lowest BCUT2D eigenvalue weighted by Gasteiger charge is -2.21. The van der Waals surface area contributed by atoms with E-state index in [0.717, 1.165) is 11.8 Å². The predicted octanol–water partition coefficient (Wildman–Crippen LogP) is 4.56. The summed E-state index contributed by atoms with van der Waals surface area (Å²) in [5, 5.41) is 7.13. The van der Waals surface area contributed by atoms with Crippen molar-refractivity contribution in [2.45, 2.75) is 43.9 Å². The quantitative estimate of drug-likeness (QED) is 0.846. The zero-order valence-electron chi connectivity index (χ0n) is 12.7. The average molecular weight is 300 g/mol. The monoisotopic (exact) mass is 300 g/mol. The van der Waals surface area contributed by atoms with E-state index in [-0.39, 0.29) is 0 Å². The van der Waals surface area contributed by atoms with Crippen molar-refractivity contribution >= 4 is 22.5 Å². The Hall–Kier alpha value is -1.06. The molecule has 0 saturated heterocycles. The smallest absolute Gasteiger partial charge is 0.0418 e. The second-order valence-corrected chi connectivity index (χ2v) is 7.13. The fourth-order valence-corrected chi connectivity index (χ4v) is 4.67. The molecule has 0 spiro atoms. The molecule has 1 saturated carbocycles. The van der Waals surface area contributed by atoms with E-state index in [4.69, 9.17) is 0 Å². The van der Waals surface area contributed by atoms with Crippen LogP contribution in [0.4, 0.5) is 0 Å². The van der Waals surface area contributed by atoms with Crippen molar-refractivity contribution in [3.63, 3.8) is 0 Å². The summed E-state index contributed by atoms with van der Waals surface area (Å²) in [5.74, 6) is 1.17. The van der Waals surface area contributed by atoms with Crippen molar-refractivity contribution in [2.75, 3.05) is 12.3 Å². The third-order valence-electron chi connectivity index (χ3n) is 4.34. The minimum Gasteiger partial charge on any atom is -0.309 e. The van der Waals surface area contributed by atoms with E-state index in [1.807, 2.05) is 12.4 Å². The molecular formula is C18H24N2S. The first-order chi connectivity index (χ1) is 10.4. The normalized spacial score (nSPS) is 17.4. The van der Waals surface area contributed by atoms with Crippen LogP contribution < -0.4 is 5.32 Å². The first kappa shape index (κ1) is 14.9. The molecule has 1 unspecified atom stereocenters. The van der Waals surface area contributed by atoms with Crippen molar-refractivity contribution in [2.24, 2.45) is 0 Å². The van der Waals surface area contributed by atoms with Gasteiger partial charge in [-0.05, 0) is 36.4 Å². The summed E-state index contributed by atoms with van der Waals surface area (Å²) < 4.78 is 0. The van der Waals surface area contributed by atoms with Gasteiger partial charge in [0.1, 0.15) is 0 Å². The Balaban J connectivity index is 1.80. The number of thioether (sulfide) groups is 1. The summed E-state index contributed by atoms with van der Waals surface area (Å²) in [5.41, 5.74) is 1.42. The summed E-state index contributed by atoms with van der Waals surface area (Å²) >= 11 is 2.16. The molecule has 2 nitrogen and oxygen atoms in total.